The molecule has 20 heavy (non-hydrogen) atoms. The largest absolute Gasteiger partial charge is 0.478 e. The molecule has 2 aromatic rings. The number of carbonyl (C=O) groups is 2. The van der Waals surface area contributed by atoms with E-state index in [1.807, 2.05) is 12.1 Å². The van der Waals surface area contributed by atoms with Crippen molar-refractivity contribution in [3.05, 3.63) is 71.3 Å². The molecule has 0 aromatic heterocycles. The molecule has 0 radical (unpaired) electrons. The van der Waals surface area contributed by atoms with Crippen molar-refractivity contribution in [2.24, 2.45) is 0 Å². The number of benzene rings is 2. The zero-order valence-electron chi connectivity index (χ0n) is 11.4. The van der Waals surface area contributed by atoms with Gasteiger partial charge in [-0.15, -0.1) is 0 Å². The lowest BCUT2D eigenvalue weighted by molar-refractivity contribution is 0.0599. The minimum Gasteiger partial charge on any atom is -0.478 e. The molecule has 4 nitrogen and oxygen atoms in total. The highest BCUT2D eigenvalue weighted by Gasteiger charge is 2.03. The van der Waals surface area contributed by atoms with Crippen molar-refractivity contribution >= 4 is 11.9 Å². The number of rotatable bonds is 2. The Hall–Kier alpha value is -2.62. The third-order valence-corrected chi connectivity index (χ3v) is 2.57. The lowest BCUT2D eigenvalue weighted by Gasteiger charge is -1.96. The highest BCUT2D eigenvalue weighted by molar-refractivity contribution is 5.89. The third kappa shape index (κ3) is 4.57. The van der Waals surface area contributed by atoms with E-state index < -0.39 is 5.97 Å². The summed E-state index contributed by atoms with van der Waals surface area (Å²) in [7, 11) is 1.37. The van der Waals surface area contributed by atoms with Crippen LogP contribution in [0.4, 0.5) is 0 Å². The summed E-state index contributed by atoms with van der Waals surface area (Å²) in [5.41, 5.74) is 1.77. The van der Waals surface area contributed by atoms with Crippen molar-refractivity contribution in [2.45, 2.75) is 6.92 Å². The van der Waals surface area contributed by atoms with Crippen LogP contribution in [0.3, 0.4) is 0 Å². The van der Waals surface area contributed by atoms with E-state index in [2.05, 4.69) is 4.74 Å². The number of hydrogen-bond donors (Lipinski definition) is 1. The first kappa shape index (κ1) is 15.4. The first-order chi connectivity index (χ1) is 9.56. The molecule has 0 saturated carbocycles. The van der Waals surface area contributed by atoms with E-state index in [9.17, 15) is 9.59 Å². The normalized spacial score (nSPS) is 9.10. The molecular weight excluding hydrogens is 256 g/mol. The predicted octanol–water partition coefficient (Wildman–Crippen LogP) is 3.17. The van der Waals surface area contributed by atoms with Crippen molar-refractivity contribution in [1.29, 1.82) is 0 Å². The van der Waals surface area contributed by atoms with Crippen molar-refractivity contribution in [2.75, 3.05) is 7.11 Å². The number of esters is 1. The number of ether oxygens (including phenoxy) is 1. The number of carbonyl (C=O) groups excluding carboxylic acids is 1. The van der Waals surface area contributed by atoms with Gasteiger partial charge in [-0.05, 0) is 30.7 Å². The molecule has 2 aromatic carbocycles. The van der Waals surface area contributed by atoms with Gasteiger partial charge in [0.25, 0.3) is 0 Å². The molecule has 0 bridgehead atoms. The van der Waals surface area contributed by atoms with E-state index in [0.29, 0.717) is 11.1 Å². The van der Waals surface area contributed by atoms with Crippen molar-refractivity contribution in [3.63, 3.8) is 0 Å². The molecule has 0 atom stereocenters. The van der Waals surface area contributed by atoms with Crippen LogP contribution in [-0.4, -0.2) is 24.2 Å². The van der Waals surface area contributed by atoms with Crippen LogP contribution in [0.5, 0.6) is 0 Å². The summed E-state index contributed by atoms with van der Waals surface area (Å²) in [6, 6.07) is 15.8. The van der Waals surface area contributed by atoms with E-state index in [1.165, 1.54) is 7.11 Å². The molecule has 0 aliphatic carbocycles. The molecule has 0 fully saturated rings. The highest BCUT2D eigenvalue weighted by Crippen LogP contribution is 2.05. The third-order valence-electron chi connectivity index (χ3n) is 2.57. The number of aromatic carboxylic acids is 1. The predicted molar refractivity (Wildman–Crippen MR) is 75.9 cm³/mol. The summed E-state index contributed by atoms with van der Waals surface area (Å²) >= 11 is 0. The smallest absolute Gasteiger partial charge is 0.337 e. The van der Waals surface area contributed by atoms with Gasteiger partial charge in [-0.2, -0.15) is 0 Å². The van der Waals surface area contributed by atoms with Crippen LogP contribution in [0.2, 0.25) is 0 Å². The zero-order valence-corrected chi connectivity index (χ0v) is 11.4. The number of methoxy groups -OCH3 is 1. The zero-order chi connectivity index (χ0) is 15.0. The van der Waals surface area contributed by atoms with Crippen LogP contribution in [0.25, 0.3) is 0 Å². The van der Waals surface area contributed by atoms with Crippen LogP contribution >= 0.6 is 0 Å². The fourth-order valence-electron chi connectivity index (χ4n) is 1.50. The number of carboxylic acids is 1. The topological polar surface area (TPSA) is 63.6 Å². The second-order valence-corrected chi connectivity index (χ2v) is 3.98. The van der Waals surface area contributed by atoms with Gasteiger partial charge in [0.2, 0.25) is 0 Å². The molecule has 1 N–H and O–H groups in total. The molecule has 0 aliphatic rings. The molecule has 0 amide bonds. The van der Waals surface area contributed by atoms with Crippen molar-refractivity contribution < 1.29 is 19.4 Å². The Morgan fingerprint density at radius 3 is 1.95 bits per heavy atom. The van der Waals surface area contributed by atoms with Crippen molar-refractivity contribution in [3.8, 4) is 0 Å². The van der Waals surface area contributed by atoms with Crippen LogP contribution in [-0.2, 0) is 4.74 Å². The molecule has 104 valence electrons. The Labute approximate surface area is 117 Å². The van der Waals surface area contributed by atoms with Crippen LogP contribution in [0.1, 0.15) is 26.3 Å². The Morgan fingerprint density at radius 2 is 1.50 bits per heavy atom. The summed E-state index contributed by atoms with van der Waals surface area (Å²) < 4.78 is 4.50. The lowest BCUT2D eigenvalue weighted by atomic mass is 10.1. The Kier molecular flexibility index (Phi) is 5.97. The van der Waals surface area contributed by atoms with Crippen molar-refractivity contribution in [1.82, 2.24) is 0 Å². The van der Waals surface area contributed by atoms with Gasteiger partial charge < -0.3 is 9.84 Å². The molecule has 2 rings (SSSR count). The minimum absolute atomic E-state index is 0.291. The van der Waals surface area contributed by atoms with Crippen LogP contribution < -0.4 is 0 Å². The minimum atomic E-state index is -0.863. The van der Waals surface area contributed by atoms with Gasteiger partial charge in [-0.1, -0.05) is 36.4 Å². The second-order valence-electron chi connectivity index (χ2n) is 3.98. The maximum absolute atomic E-state index is 10.8. The summed E-state index contributed by atoms with van der Waals surface area (Å²) in [4.78, 5) is 21.2. The molecule has 0 spiro atoms. The van der Waals surface area contributed by atoms with E-state index in [-0.39, 0.29) is 5.97 Å². The Balaban J connectivity index is 0.000000200. The lowest BCUT2D eigenvalue weighted by Crippen LogP contribution is -1.99. The standard InChI is InChI=1S/2C8H8O2/c1-10-8(9)7-5-3-2-4-6-7;1-6-4-2-3-5-7(6)8(9)10/h2-6H,1H3;2-5H,1H3,(H,9,10). The molecule has 0 saturated heterocycles. The quantitative estimate of drug-likeness (QED) is 0.853. The SMILES string of the molecule is COC(=O)c1ccccc1.Cc1ccccc1C(=O)O. The monoisotopic (exact) mass is 272 g/mol. The summed E-state index contributed by atoms with van der Waals surface area (Å²) in [5, 5.41) is 8.57. The Bertz CT molecular complexity index is 576. The molecule has 4 heteroatoms. The summed E-state index contributed by atoms with van der Waals surface area (Å²) in [6.45, 7) is 1.78. The van der Waals surface area contributed by atoms with Gasteiger partial charge >= 0.3 is 11.9 Å². The van der Waals surface area contributed by atoms with E-state index in [0.717, 1.165) is 5.56 Å². The van der Waals surface area contributed by atoms with E-state index in [1.54, 1.807) is 49.4 Å². The average Bonchev–Trinajstić information content (AvgIpc) is 2.48. The maximum Gasteiger partial charge on any atom is 0.337 e. The maximum atomic E-state index is 10.8. The number of hydrogen-bond acceptors (Lipinski definition) is 3. The first-order valence-corrected chi connectivity index (χ1v) is 5.98. The summed E-state index contributed by atoms with van der Waals surface area (Å²) in [6.07, 6.45) is 0. The number of aryl methyl sites for hydroxylation is 1. The van der Waals surface area contributed by atoms with Crippen LogP contribution in [0, 0.1) is 6.92 Å². The van der Waals surface area contributed by atoms with Gasteiger partial charge in [-0.25, -0.2) is 9.59 Å². The van der Waals surface area contributed by atoms with E-state index in [4.69, 9.17) is 5.11 Å². The van der Waals surface area contributed by atoms with Crippen LogP contribution in [0.15, 0.2) is 54.6 Å². The highest BCUT2D eigenvalue weighted by atomic mass is 16.5. The van der Waals surface area contributed by atoms with Gasteiger partial charge in [0.15, 0.2) is 0 Å². The number of carboxylic acid groups (broad SMARTS) is 1. The van der Waals surface area contributed by atoms with E-state index >= 15 is 0 Å². The molecule has 0 unspecified atom stereocenters. The molecule has 0 heterocycles. The average molecular weight is 272 g/mol. The molecule has 0 aliphatic heterocycles. The fraction of sp³-hybridized carbons (Fsp3) is 0.125. The van der Waals surface area contributed by atoms with Gasteiger partial charge in [0, 0.05) is 0 Å². The van der Waals surface area contributed by atoms with Gasteiger partial charge in [0.05, 0.1) is 18.2 Å². The first-order valence-electron chi connectivity index (χ1n) is 5.98. The summed E-state index contributed by atoms with van der Waals surface area (Å²) in [5.74, 6) is -1.15. The molecular formula is C16H16O4. The fourth-order valence-corrected chi connectivity index (χ4v) is 1.50. The van der Waals surface area contributed by atoms with Gasteiger partial charge in [0.1, 0.15) is 0 Å². The van der Waals surface area contributed by atoms with Gasteiger partial charge in [-0.3, -0.25) is 0 Å². The second kappa shape index (κ2) is 7.74. The Morgan fingerprint density at radius 1 is 0.950 bits per heavy atom.